The Bertz CT molecular complexity index is 418. The quantitative estimate of drug-likeness (QED) is 0.818. The Morgan fingerprint density at radius 2 is 2.11 bits per heavy atom. The highest BCUT2D eigenvalue weighted by Gasteiger charge is 2.21. The molecule has 0 bridgehead atoms. The van der Waals surface area contributed by atoms with Crippen LogP contribution in [0.15, 0.2) is 4.34 Å². The van der Waals surface area contributed by atoms with Gasteiger partial charge < -0.3 is 10.6 Å². The Labute approximate surface area is 122 Å². The first kappa shape index (κ1) is 14.6. The molecule has 0 spiro atoms. The molecule has 7 heteroatoms. The van der Waals surface area contributed by atoms with Gasteiger partial charge >= 0.3 is 0 Å². The second-order valence-electron chi connectivity index (χ2n) is 4.73. The average Bonchev–Trinajstić information content (AvgIpc) is 2.87. The number of carbonyl (C=O) groups excluding carboxylic acids is 1. The molecule has 1 aromatic rings. The molecule has 1 amide bonds. The van der Waals surface area contributed by atoms with Crippen LogP contribution in [0, 0.1) is 0 Å². The first-order valence-electron chi connectivity index (χ1n) is 6.67. The topological polar surface area (TPSA) is 66.9 Å². The van der Waals surface area contributed by atoms with Gasteiger partial charge in [-0.05, 0) is 19.8 Å². The van der Waals surface area contributed by atoms with Gasteiger partial charge in [-0.25, -0.2) is 0 Å². The third-order valence-corrected chi connectivity index (χ3v) is 5.34. The highest BCUT2D eigenvalue weighted by Crippen LogP contribution is 2.29. The molecule has 1 fully saturated rings. The summed E-state index contributed by atoms with van der Waals surface area (Å²) in [5.74, 6) is 0.109. The normalized spacial score (nSPS) is 18.0. The van der Waals surface area contributed by atoms with Gasteiger partial charge in [-0.1, -0.05) is 42.4 Å². The Balaban J connectivity index is 1.81. The lowest BCUT2D eigenvalue weighted by Crippen LogP contribution is -2.40. The van der Waals surface area contributed by atoms with Gasteiger partial charge in [0.2, 0.25) is 11.0 Å². The molecule has 1 aliphatic carbocycles. The van der Waals surface area contributed by atoms with Crippen molar-refractivity contribution in [2.24, 2.45) is 0 Å². The van der Waals surface area contributed by atoms with Crippen LogP contribution in [0.1, 0.15) is 39.0 Å². The molecule has 1 heterocycles. The Kier molecular flexibility index (Phi) is 5.45. The lowest BCUT2D eigenvalue weighted by molar-refractivity contribution is -0.121. The first-order valence-corrected chi connectivity index (χ1v) is 8.37. The fraction of sp³-hybridized carbons (Fsp3) is 0.750. The van der Waals surface area contributed by atoms with Crippen LogP contribution in [0.5, 0.6) is 0 Å². The van der Waals surface area contributed by atoms with Gasteiger partial charge in [-0.15, -0.1) is 10.2 Å². The number of nitrogens with one attached hydrogen (secondary N) is 2. The Morgan fingerprint density at radius 1 is 1.37 bits per heavy atom. The minimum Gasteiger partial charge on any atom is -0.363 e. The largest absolute Gasteiger partial charge is 0.363 e. The van der Waals surface area contributed by atoms with E-state index in [2.05, 4.69) is 20.8 Å². The van der Waals surface area contributed by atoms with Crippen LogP contribution >= 0.6 is 23.1 Å². The molecule has 5 nitrogen and oxygen atoms in total. The molecule has 0 radical (unpaired) electrons. The maximum Gasteiger partial charge on any atom is 0.233 e. The monoisotopic (exact) mass is 300 g/mol. The van der Waals surface area contributed by atoms with Gasteiger partial charge in [0.15, 0.2) is 4.34 Å². The number of hydrogen-bond acceptors (Lipinski definition) is 6. The van der Waals surface area contributed by atoms with Crippen LogP contribution in [0.4, 0.5) is 5.13 Å². The summed E-state index contributed by atoms with van der Waals surface area (Å²) in [5.41, 5.74) is 0. The van der Waals surface area contributed by atoms with Crippen molar-refractivity contribution in [3.63, 3.8) is 0 Å². The van der Waals surface area contributed by atoms with Gasteiger partial charge in [0, 0.05) is 13.1 Å². The summed E-state index contributed by atoms with van der Waals surface area (Å²) in [6.45, 7) is 1.92. The zero-order valence-corrected chi connectivity index (χ0v) is 12.9. The highest BCUT2D eigenvalue weighted by molar-refractivity contribution is 8.02. The zero-order chi connectivity index (χ0) is 13.7. The first-order chi connectivity index (χ1) is 9.19. The molecule has 1 atom stereocenters. The van der Waals surface area contributed by atoms with E-state index in [4.69, 9.17) is 0 Å². The van der Waals surface area contributed by atoms with Crippen molar-refractivity contribution in [3.05, 3.63) is 0 Å². The van der Waals surface area contributed by atoms with Crippen LogP contribution in [0.25, 0.3) is 0 Å². The molecule has 106 valence electrons. The fourth-order valence-corrected chi connectivity index (χ4v) is 3.99. The van der Waals surface area contributed by atoms with Gasteiger partial charge in [0.05, 0.1) is 5.25 Å². The summed E-state index contributed by atoms with van der Waals surface area (Å²) in [4.78, 5) is 12.1. The van der Waals surface area contributed by atoms with E-state index in [-0.39, 0.29) is 11.2 Å². The third kappa shape index (κ3) is 4.35. The standard InChI is InChI=1S/C12H20N4OS2/c1-8(18-12-16-15-11(13-2)19-12)10(17)14-9-6-4-3-5-7-9/h8-9H,3-7H2,1-2H3,(H,13,15)(H,14,17)/t8-/m1/s1. The molecule has 0 aromatic carbocycles. The second kappa shape index (κ2) is 7.09. The van der Waals surface area contributed by atoms with Crippen LogP contribution in [0.2, 0.25) is 0 Å². The lowest BCUT2D eigenvalue weighted by atomic mass is 9.95. The molecule has 1 aromatic heterocycles. The molecular weight excluding hydrogens is 280 g/mol. The SMILES string of the molecule is CNc1nnc(S[C@H](C)C(=O)NC2CCCCC2)s1. The molecule has 2 N–H and O–H groups in total. The number of carbonyl (C=O) groups is 1. The van der Waals surface area contributed by atoms with Crippen molar-refractivity contribution < 1.29 is 4.79 Å². The van der Waals surface area contributed by atoms with Crippen molar-refractivity contribution in [2.75, 3.05) is 12.4 Å². The van der Waals surface area contributed by atoms with Gasteiger partial charge in [-0.3, -0.25) is 4.79 Å². The van der Waals surface area contributed by atoms with Crippen LogP contribution < -0.4 is 10.6 Å². The van der Waals surface area contributed by atoms with Crippen molar-refractivity contribution >= 4 is 34.1 Å². The van der Waals surface area contributed by atoms with Crippen molar-refractivity contribution in [2.45, 2.75) is 54.7 Å². The predicted molar refractivity (Wildman–Crippen MR) is 79.8 cm³/mol. The average molecular weight is 300 g/mol. The second-order valence-corrected chi connectivity index (χ2v) is 7.29. The van der Waals surface area contributed by atoms with Crippen molar-refractivity contribution in [1.29, 1.82) is 0 Å². The number of rotatable bonds is 5. The molecule has 1 saturated carbocycles. The number of amides is 1. The van der Waals surface area contributed by atoms with E-state index < -0.39 is 0 Å². The Morgan fingerprint density at radius 3 is 2.74 bits per heavy atom. The van der Waals surface area contributed by atoms with E-state index >= 15 is 0 Å². The summed E-state index contributed by atoms with van der Waals surface area (Å²) < 4.78 is 0.829. The minimum absolute atomic E-state index is 0.109. The van der Waals surface area contributed by atoms with E-state index in [9.17, 15) is 4.79 Å². The molecular formula is C12H20N4OS2. The van der Waals surface area contributed by atoms with Gasteiger partial charge in [0.1, 0.15) is 0 Å². The van der Waals surface area contributed by atoms with Gasteiger partial charge in [-0.2, -0.15) is 0 Å². The van der Waals surface area contributed by atoms with E-state index in [0.29, 0.717) is 6.04 Å². The number of thioether (sulfide) groups is 1. The summed E-state index contributed by atoms with van der Waals surface area (Å²) in [6, 6.07) is 0.367. The summed E-state index contributed by atoms with van der Waals surface area (Å²) in [6.07, 6.45) is 5.99. The van der Waals surface area contributed by atoms with Crippen LogP contribution in [0.3, 0.4) is 0 Å². The van der Waals surface area contributed by atoms with Gasteiger partial charge in [0.25, 0.3) is 0 Å². The number of hydrogen-bond donors (Lipinski definition) is 2. The van der Waals surface area contributed by atoms with Crippen LogP contribution in [-0.2, 0) is 4.79 Å². The minimum atomic E-state index is -0.125. The molecule has 0 unspecified atom stereocenters. The maximum atomic E-state index is 12.1. The van der Waals surface area contributed by atoms with E-state index in [1.165, 1.54) is 42.4 Å². The summed E-state index contributed by atoms with van der Waals surface area (Å²) >= 11 is 2.94. The number of aromatic nitrogens is 2. The molecule has 0 aliphatic heterocycles. The summed E-state index contributed by atoms with van der Waals surface area (Å²) in [5, 5.41) is 14.8. The van der Waals surface area contributed by atoms with E-state index in [1.54, 1.807) is 0 Å². The van der Waals surface area contributed by atoms with Crippen molar-refractivity contribution in [3.8, 4) is 0 Å². The molecule has 19 heavy (non-hydrogen) atoms. The molecule has 2 rings (SSSR count). The number of anilines is 1. The maximum absolute atomic E-state index is 12.1. The third-order valence-electron chi connectivity index (χ3n) is 3.22. The lowest BCUT2D eigenvalue weighted by Gasteiger charge is -2.24. The fourth-order valence-electron chi connectivity index (χ4n) is 2.13. The van der Waals surface area contributed by atoms with E-state index in [0.717, 1.165) is 22.3 Å². The zero-order valence-electron chi connectivity index (χ0n) is 11.3. The Hall–Kier alpha value is -0.820. The summed E-state index contributed by atoms with van der Waals surface area (Å²) in [7, 11) is 1.81. The van der Waals surface area contributed by atoms with Crippen LogP contribution in [-0.4, -0.2) is 34.4 Å². The van der Waals surface area contributed by atoms with Crippen molar-refractivity contribution in [1.82, 2.24) is 15.5 Å². The highest BCUT2D eigenvalue weighted by atomic mass is 32.2. The van der Waals surface area contributed by atoms with E-state index in [1.807, 2.05) is 14.0 Å². The molecule has 0 saturated heterocycles. The number of nitrogens with zero attached hydrogens (tertiary/aromatic N) is 2. The predicted octanol–water partition coefficient (Wildman–Crippen LogP) is 2.51. The smallest absolute Gasteiger partial charge is 0.233 e. The molecule has 1 aliphatic rings.